The number of anilines is 1. The number of hydrogen-bond acceptors (Lipinski definition) is 4. The second kappa shape index (κ2) is 5.30. The van der Waals surface area contributed by atoms with E-state index in [0.29, 0.717) is 5.56 Å². The fourth-order valence-electron chi connectivity index (χ4n) is 1.53. The lowest BCUT2D eigenvalue weighted by Gasteiger charge is -2.17. The molecule has 0 aliphatic rings. The van der Waals surface area contributed by atoms with Gasteiger partial charge in [0.1, 0.15) is 11.9 Å². The van der Waals surface area contributed by atoms with Gasteiger partial charge in [0.05, 0.1) is 15.9 Å². The van der Waals surface area contributed by atoms with Gasteiger partial charge in [-0.05, 0) is 40.2 Å². The number of pyridine rings is 1. The zero-order valence-corrected chi connectivity index (χ0v) is 11.6. The van der Waals surface area contributed by atoms with Crippen LogP contribution in [0, 0.1) is 11.3 Å². The van der Waals surface area contributed by atoms with Gasteiger partial charge in [0.25, 0.3) is 0 Å². The maximum atomic E-state index is 9.02. The van der Waals surface area contributed by atoms with Crippen LogP contribution in [0.4, 0.5) is 5.82 Å². The van der Waals surface area contributed by atoms with Gasteiger partial charge in [0.2, 0.25) is 0 Å². The van der Waals surface area contributed by atoms with Gasteiger partial charge in [0, 0.05) is 18.1 Å². The second-order valence-electron chi connectivity index (χ2n) is 3.55. The Morgan fingerprint density at radius 3 is 2.94 bits per heavy atom. The second-order valence-corrected chi connectivity index (χ2v) is 6.10. The molecule has 2 aromatic heterocycles. The van der Waals surface area contributed by atoms with Crippen molar-refractivity contribution >= 4 is 33.1 Å². The summed E-state index contributed by atoms with van der Waals surface area (Å²) in [5.41, 5.74) is 0.602. The van der Waals surface area contributed by atoms with E-state index in [1.165, 1.54) is 4.88 Å². The standard InChI is InChI=1S/C12H10BrN3S/c1-16(8-10-4-5-11(13)17-10)12-9(7-14)3-2-6-15-12/h2-6H,8H2,1H3. The predicted molar refractivity (Wildman–Crippen MR) is 73.1 cm³/mol. The van der Waals surface area contributed by atoms with Crippen molar-refractivity contribution in [2.45, 2.75) is 6.54 Å². The molecule has 0 radical (unpaired) electrons. The van der Waals surface area contributed by atoms with Crippen LogP contribution in [-0.4, -0.2) is 12.0 Å². The number of aromatic nitrogens is 1. The molecule has 0 saturated carbocycles. The Morgan fingerprint density at radius 2 is 2.29 bits per heavy atom. The molecule has 0 aliphatic heterocycles. The summed E-state index contributed by atoms with van der Waals surface area (Å²) in [6.45, 7) is 0.752. The van der Waals surface area contributed by atoms with E-state index in [9.17, 15) is 0 Å². The molecule has 2 aromatic rings. The van der Waals surface area contributed by atoms with Crippen LogP contribution >= 0.6 is 27.3 Å². The Labute approximate surface area is 112 Å². The summed E-state index contributed by atoms with van der Waals surface area (Å²) >= 11 is 5.13. The molecule has 86 valence electrons. The van der Waals surface area contributed by atoms with Crippen LogP contribution in [0.15, 0.2) is 34.2 Å². The number of nitriles is 1. The zero-order valence-electron chi connectivity index (χ0n) is 9.22. The summed E-state index contributed by atoms with van der Waals surface area (Å²) in [6.07, 6.45) is 1.71. The Kier molecular flexibility index (Phi) is 3.77. The zero-order chi connectivity index (χ0) is 12.3. The number of hydrogen-bond donors (Lipinski definition) is 0. The first kappa shape index (κ1) is 12.1. The summed E-state index contributed by atoms with van der Waals surface area (Å²) < 4.78 is 1.11. The molecule has 0 aliphatic carbocycles. The highest BCUT2D eigenvalue weighted by Gasteiger charge is 2.09. The number of rotatable bonds is 3. The molecule has 0 unspecified atom stereocenters. The van der Waals surface area contributed by atoms with Crippen molar-refractivity contribution in [3.8, 4) is 6.07 Å². The van der Waals surface area contributed by atoms with E-state index in [4.69, 9.17) is 5.26 Å². The Balaban J connectivity index is 2.20. The molecular formula is C12H10BrN3S. The molecule has 5 heteroatoms. The number of thiophene rings is 1. The molecule has 0 aromatic carbocycles. The predicted octanol–water partition coefficient (Wildman–Crippen LogP) is 3.41. The van der Waals surface area contributed by atoms with Crippen molar-refractivity contribution < 1.29 is 0 Å². The van der Waals surface area contributed by atoms with Gasteiger partial charge in [0.15, 0.2) is 0 Å². The first-order chi connectivity index (χ1) is 8.20. The van der Waals surface area contributed by atoms with E-state index >= 15 is 0 Å². The molecule has 0 saturated heterocycles. The summed E-state index contributed by atoms with van der Waals surface area (Å²) in [4.78, 5) is 7.46. The lowest BCUT2D eigenvalue weighted by atomic mass is 10.2. The first-order valence-electron chi connectivity index (χ1n) is 5.01. The minimum Gasteiger partial charge on any atom is -0.353 e. The van der Waals surface area contributed by atoms with Gasteiger partial charge >= 0.3 is 0 Å². The van der Waals surface area contributed by atoms with Gasteiger partial charge in [-0.15, -0.1) is 11.3 Å². The van der Waals surface area contributed by atoms with E-state index in [1.807, 2.05) is 18.0 Å². The monoisotopic (exact) mass is 307 g/mol. The van der Waals surface area contributed by atoms with Crippen LogP contribution in [0.2, 0.25) is 0 Å². The normalized spacial score (nSPS) is 9.94. The third-order valence-electron chi connectivity index (χ3n) is 2.29. The molecule has 17 heavy (non-hydrogen) atoms. The minimum atomic E-state index is 0.602. The van der Waals surface area contributed by atoms with E-state index < -0.39 is 0 Å². The lowest BCUT2D eigenvalue weighted by molar-refractivity contribution is 0.909. The highest BCUT2D eigenvalue weighted by Crippen LogP contribution is 2.25. The summed E-state index contributed by atoms with van der Waals surface area (Å²) in [6, 6.07) is 9.81. The van der Waals surface area contributed by atoms with E-state index in [2.05, 4.69) is 33.0 Å². The van der Waals surface area contributed by atoms with Crippen molar-refractivity contribution in [1.29, 1.82) is 5.26 Å². The van der Waals surface area contributed by atoms with Crippen molar-refractivity contribution in [2.24, 2.45) is 0 Å². The highest BCUT2D eigenvalue weighted by molar-refractivity contribution is 9.11. The molecule has 0 amide bonds. The van der Waals surface area contributed by atoms with E-state index in [-0.39, 0.29) is 0 Å². The molecular weight excluding hydrogens is 298 g/mol. The first-order valence-corrected chi connectivity index (χ1v) is 6.62. The minimum absolute atomic E-state index is 0.602. The van der Waals surface area contributed by atoms with Crippen molar-refractivity contribution in [3.05, 3.63) is 44.7 Å². The van der Waals surface area contributed by atoms with Gasteiger partial charge in [-0.2, -0.15) is 5.26 Å². The van der Waals surface area contributed by atoms with Gasteiger partial charge in [-0.25, -0.2) is 4.98 Å². The van der Waals surface area contributed by atoms with Crippen molar-refractivity contribution in [2.75, 3.05) is 11.9 Å². The number of halogens is 1. The molecule has 2 rings (SSSR count). The van der Waals surface area contributed by atoms with Gasteiger partial charge in [-0.3, -0.25) is 0 Å². The topological polar surface area (TPSA) is 39.9 Å². The Hall–Kier alpha value is -1.38. The maximum Gasteiger partial charge on any atom is 0.146 e. The van der Waals surface area contributed by atoms with Crippen LogP contribution in [-0.2, 0) is 6.54 Å². The van der Waals surface area contributed by atoms with Crippen molar-refractivity contribution in [1.82, 2.24) is 4.98 Å². The van der Waals surface area contributed by atoms with Crippen LogP contribution in [0.3, 0.4) is 0 Å². The Bertz CT molecular complexity index is 559. The van der Waals surface area contributed by atoms with E-state index in [1.54, 1.807) is 29.7 Å². The molecule has 0 fully saturated rings. The molecule has 0 spiro atoms. The summed E-state index contributed by atoms with van der Waals surface area (Å²) in [7, 11) is 1.94. The quantitative estimate of drug-likeness (QED) is 0.872. The maximum absolute atomic E-state index is 9.02. The molecule has 0 atom stereocenters. The lowest BCUT2D eigenvalue weighted by Crippen LogP contribution is -2.18. The molecule has 0 N–H and O–H groups in total. The smallest absolute Gasteiger partial charge is 0.146 e. The molecule has 3 nitrogen and oxygen atoms in total. The van der Waals surface area contributed by atoms with Gasteiger partial charge < -0.3 is 4.90 Å². The van der Waals surface area contributed by atoms with E-state index in [0.717, 1.165) is 16.1 Å². The third kappa shape index (κ3) is 2.84. The van der Waals surface area contributed by atoms with Crippen LogP contribution in [0.5, 0.6) is 0 Å². The fourth-order valence-corrected chi connectivity index (χ4v) is 3.07. The Morgan fingerprint density at radius 1 is 1.47 bits per heavy atom. The van der Waals surface area contributed by atoms with Crippen LogP contribution < -0.4 is 4.90 Å². The third-order valence-corrected chi connectivity index (χ3v) is 3.90. The van der Waals surface area contributed by atoms with Crippen molar-refractivity contribution in [3.63, 3.8) is 0 Å². The fraction of sp³-hybridized carbons (Fsp3) is 0.167. The summed E-state index contributed by atoms with van der Waals surface area (Å²) in [5, 5.41) is 9.02. The largest absolute Gasteiger partial charge is 0.353 e. The molecule has 2 heterocycles. The highest BCUT2D eigenvalue weighted by atomic mass is 79.9. The SMILES string of the molecule is CN(Cc1ccc(Br)s1)c1ncccc1C#N. The van der Waals surface area contributed by atoms with Gasteiger partial charge in [-0.1, -0.05) is 0 Å². The van der Waals surface area contributed by atoms with Crippen LogP contribution in [0.25, 0.3) is 0 Å². The average molecular weight is 308 g/mol. The number of nitrogens with zero attached hydrogens (tertiary/aromatic N) is 3. The van der Waals surface area contributed by atoms with Crippen LogP contribution in [0.1, 0.15) is 10.4 Å². The average Bonchev–Trinajstić information content (AvgIpc) is 2.74. The molecule has 0 bridgehead atoms. The summed E-state index contributed by atoms with van der Waals surface area (Å²) in [5.74, 6) is 0.722.